The van der Waals surface area contributed by atoms with Crippen molar-refractivity contribution in [2.24, 2.45) is 4.74 Å². The molecule has 0 N–H and O–H groups in total. The topological polar surface area (TPSA) is 36.1 Å². The third-order valence-electron chi connectivity index (χ3n) is 5.53. The second-order valence-electron chi connectivity index (χ2n) is 7.44. The SMILES string of the molecule is N#CCN=P(CCP(c1ccccc1)c1ccccc1)(c1ccccc1)c1ccccc1. The van der Waals surface area contributed by atoms with Crippen LogP contribution in [-0.2, 0) is 0 Å². The summed E-state index contributed by atoms with van der Waals surface area (Å²) < 4.78 is 5.13. The highest BCUT2D eigenvalue weighted by atomic mass is 31.2. The normalized spacial score (nSPS) is 11.1. The molecule has 0 unspecified atom stereocenters. The lowest BCUT2D eigenvalue weighted by molar-refractivity contribution is 1.25. The molecule has 0 fully saturated rings. The molecule has 0 atom stereocenters. The summed E-state index contributed by atoms with van der Waals surface area (Å²) >= 11 is 0. The van der Waals surface area contributed by atoms with E-state index in [1.54, 1.807) is 0 Å². The molecule has 32 heavy (non-hydrogen) atoms. The van der Waals surface area contributed by atoms with E-state index in [9.17, 15) is 5.26 Å². The average Bonchev–Trinajstić information content (AvgIpc) is 2.88. The Morgan fingerprint density at radius 3 is 1.44 bits per heavy atom. The van der Waals surface area contributed by atoms with Crippen molar-refractivity contribution in [1.29, 1.82) is 5.26 Å². The fraction of sp³-hybridized carbons (Fsp3) is 0.107. The van der Waals surface area contributed by atoms with Gasteiger partial charge in [0.25, 0.3) is 0 Å². The van der Waals surface area contributed by atoms with Crippen LogP contribution in [0.4, 0.5) is 0 Å². The van der Waals surface area contributed by atoms with Gasteiger partial charge in [0.2, 0.25) is 0 Å². The molecular weight excluding hydrogens is 426 g/mol. The van der Waals surface area contributed by atoms with Crippen LogP contribution in [0.5, 0.6) is 0 Å². The summed E-state index contributed by atoms with van der Waals surface area (Å²) in [4.78, 5) is 0. The van der Waals surface area contributed by atoms with Gasteiger partial charge in [-0.3, -0.25) is 4.74 Å². The van der Waals surface area contributed by atoms with Crippen LogP contribution in [0.2, 0.25) is 0 Å². The molecule has 0 saturated carbocycles. The first kappa shape index (κ1) is 22.2. The molecule has 158 valence electrons. The molecule has 4 aromatic rings. The zero-order chi connectivity index (χ0) is 22.1. The Kier molecular flexibility index (Phi) is 7.68. The van der Waals surface area contributed by atoms with Crippen molar-refractivity contribution in [2.45, 2.75) is 0 Å². The predicted molar refractivity (Wildman–Crippen MR) is 141 cm³/mol. The van der Waals surface area contributed by atoms with E-state index in [1.165, 1.54) is 21.2 Å². The Bertz CT molecular complexity index is 1120. The van der Waals surface area contributed by atoms with Crippen LogP contribution >= 0.6 is 15.0 Å². The molecule has 0 saturated heterocycles. The third-order valence-corrected chi connectivity index (χ3v) is 12.2. The molecule has 4 heteroatoms. The zero-order valence-corrected chi connectivity index (χ0v) is 19.7. The van der Waals surface area contributed by atoms with Crippen LogP contribution in [0, 0.1) is 11.3 Å². The molecule has 2 nitrogen and oxygen atoms in total. The molecule has 0 aliphatic carbocycles. The molecule has 4 aromatic carbocycles. The molecule has 0 spiro atoms. The van der Waals surface area contributed by atoms with Crippen LogP contribution in [0.25, 0.3) is 0 Å². The van der Waals surface area contributed by atoms with E-state index < -0.39 is 15.0 Å². The molecule has 0 aromatic heterocycles. The standard InChI is InChI=1S/C28H26N2P2/c29-21-22-30-32(27-17-9-3-10-18-27,28-19-11-4-12-20-28)24-23-31(25-13-5-1-6-14-25)26-15-7-2-8-16-26/h1-20H,22-24H2. The van der Waals surface area contributed by atoms with Gasteiger partial charge in [-0.1, -0.05) is 121 Å². The van der Waals surface area contributed by atoms with Crippen molar-refractivity contribution >= 4 is 36.2 Å². The second-order valence-corrected chi connectivity index (χ2v) is 13.1. The Hall–Kier alpha value is -2.97. The molecule has 0 aliphatic rings. The fourth-order valence-electron chi connectivity index (χ4n) is 4.01. The van der Waals surface area contributed by atoms with Gasteiger partial charge < -0.3 is 0 Å². The van der Waals surface area contributed by atoms with E-state index in [4.69, 9.17) is 4.74 Å². The van der Waals surface area contributed by atoms with Gasteiger partial charge in [0.15, 0.2) is 0 Å². The number of nitriles is 1. The molecule has 0 heterocycles. The highest BCUT2D eigenvalue weighted by Gasteiger charge is 2.26. The van der Waals surface area contributed by atoms with Crippen LogP contribution < -0.4 is 21.2 Å². The summed E-state index contributed by atoms with van der Waals surface area (Å²) in [5.74, 6) is 0. The minimum atomic E-state index is -2.09. The van der Waals surface area contributed by atoms with E-state index in [-0.39, 0.29) is 6.54 Å². The Balaban J connectivity index is 1.81. The lowest BCUT2D eigenvalue weighted by atomic mass is 10.4. The summed E-state index contributed by atoms with van der Waals surface area (Å²) in [6.07, 6.45) is 1.97. The second kappa shape index (κ2) is 11.1. The van der Waals surface area contributed by atoms with Crippen LogP contribution in [0.1, 0.15) is 0 Å². The van der Waals surface area contributed by atoms with Gasteiger partial charge in [-0.15, -0.1) is 0 Å². The number of benzene rings is 4. The van der Waals surface area contributed by atoms with Crippen molar-refractivity contribution in [3.8, 4) is 6.07 Å². The van der Waals surface area contributed by atoms with Gasteiger partial charge >= 0.3 is 0 Å². The molecule has 0 amide bonds. The predicted octanol–water partition coefficient (Wildman–Crippen LogP) is 5.50. The third kappa shape index (κ3) is 5.08. The zero-order valence-electron chi connectivity index (χ0n) is 18.0. The highest BCUT2D eigenvalue weighted by Crippen LogP contribution is 2.50. The van der Waals surface area contributed by atoms with E-state index in [0.29, 0.717) is 0 Å². The van der Waals surface area contributed by atoms with E-state index in [2.05, 4.69) is 115 Å². The van der Waals surface area contributed by atoms with Crippen molar-refractivity contribution in [1.82, 2.24) is 0 Å². The summed E-state index contributed by atoms with van der Waals surface area (Å²) in [7, 11) is -2.62. The lowest BCUT2D eigenvalue weighted by Gasteiger charge is -2.28. The Morgan fingerprint density at radius 1 is 0.625 bits per heavy atom. The summed E-state index contributed by atoms with van der Waals surface area (Å²) in [5, 5.41) is 14.7. The largest absolute Gasteiger partial charge is 0.279 e. The van der Waals surface area contributed by atoms with Crippen molar-refractivity contribution in [3.05, 3.63) is 121 Å². The van der Waals surface area contributed by atoms with Crippen LogP contribution in [0.15, 0.2) is 126 Å². The van der Waals surface area contributed by atoms with Gasteiger partial charge in [-0.25, -0.2) is 0 Å². The molecule has 0 bridgehead atoms. The summed E-state index contributed by atoms with van der Waals surface area (Å²) in [5.41, 5.74) is 0. The van der Waals surface area contributed by atoms with Gasteiger partial charge in [0.05, 0.1) is 6.07 Å². The molecule has 0 radical (unpaired) electrons. The van der Waals surface area contributed by atoms with Gasteiger partial charge in [-0.05, 0) is 41.5 Å². The maximum absolute atomic E-state index is 9.43. The van der Waals surface area contributed by atoms with E-state index in [1.807, 2.05) is 12.1 Å². The number of rotatable bonds is 8. The monoisotopic (exact) mass is 452 g/mol. The molecule has 0 aliphatic heterocycles. The fourth-order valence-corrected chi connectivity index (χ4v) is 10.8. The summed E-state index contributed by atoms with van der Waals surface area (Å²) in [6.45, 7) is 0.214. The molecular formula is C28H26N2P2. The smallest absolute Gasteiger partial charge is 0.125 e. The lowest BCUT2D eigenvalue weighted by Crippen LogP contribution is -2.23. The van der Waals surface area contributed by atoms with E-state index >= 15 is 0 Å². The molecule has 4 rings (SSSR count). The van der Waals surface area contributed by atoms with Crippen LogP contribution in [0.3, 0.4) is 0 Å². The highest BCUT2D eigenvalue weighted by molar-refractivity contribution is 7.82. The van der Waals surface area contributed by atoms with Crippen molar-refractivity contribution in [3.63, 3.8) is 0 Å². The van der Waals surface area contributed by atoms with Crippen molar-refractivity contribution in [2.75, 3.05) is 18.9 Å². The quantitative estimate of drug-likeness (QED) is 0.257. The van der Waals surface area contributed by atoms with Crippen LogP contribution in [-0.4, -0.2) is 18.9 Å². The summed E-state index contributed by atoms with van der Waals surface area (Å²) in [6, 6.07) is 45.2. The minimum absolute atomic E-state index is 0.214. The first-order chi connectivity index (χ1) is 15.8. The van der Waals surface area contributed by atoms with Gasteiger partial charge in [0, 0.05) is 7.05 Å². The maximum atomic E-state index is 9.43. The first-order valence-corrected chi connectivity index (χ1v) is 14.2. The Labute approximate surface area is 192 Å². The minimum Gasteiger partial charge on any atom is -0.279 e. The van der Waals surface area contributed by atoms with Crippen molar-refractivity contribution < 1.29 is 0 Å². The number of hydrogen-bond donors (Lipinski definition) is 0. The maximum Gasteiger partial charge on any atom is 0.125 e. The first-order valence-electron chi connectivity index (χ1n) is 10.8. The van der Waals surface area contributed by atoms with Gasteiger partial charge in [-0.2, -0.15) is 5.26 Å². The van der Waals surface area contributed by atoms with Gasteiger partial charge in [0.1, 0.15) is 6.54 Å². The van der Waals surface area contributed by atoms with E-state index in [0.717, 1.165) is 12.3 Å². The number of nitrogens with zero attached hydrogens (tertiary/aromatic N) is 2. The average molecular weight is 452 g/mol. The Morgan fingerprint density at radius 2 is 1.03 bits per heavy atom. The number of hydrogen-bond acceptors (Lipinski definition) is 2.